The molecule has 0 radical (unpaired) electrons. The van der Waals surface area contributed by atoms with E-state index in [0.717, 1.165) is 47.5 Å². The molecule has 0 aliphatic heterocycles. The van der Waals surface area contributed by atoms with Gasteiger partial charge in [0, 0.05) is 5.92 Å². The highest BCUT2D eigenvalue weighted by atomic mass is 16.5. The Labute approximate surface area is 184 Å². The van der Waals surface area contributed by atoms with E-state index in [1.54, 1.807) is 14.2 Å². The van der Waals surface area contributed by atoms with Crippen LogP contribution >= 0.6 is 0 Å². The Kier molecular flexibility index (Phi) is 6.59. The van der Waals surface area contributed by atoms with Crippen molar-refractivity contribution in [2.45, 2.75) is 31.0 Å². The van der Waals surface area contributed by atoms with E-state index in [9.17, 15) is 5.11 Å². The lowest BCUT2D eigenvalue weighted by atomic mass is 9.80. The number of benzene rings is 3. The summed E-state index contributed by atoms with van der Waals surface area (Å²) < 4.78 is 17.6. The molecule has 1 N–H and O–H groups in total. The first-order valence-electron chi connectivity index (χ1n) is 10.8. The molecule has 0 aromatic heterocycles. The summed E-state index contributed by atoms with van der Waals surface area (Å²) in [7, 11) is 3.34. The molecule has 4 nitrogen and oxygen atoms in total. The minimum absolute atomic E-state index is 0.139. The highest BCUT2D eigenvalue weighted by Gasteiger charge is 2.39. The van der Waals surface area contributed by atoms with Crippen LogP contribution in [0.5, 0.6) is 11.5 Å². The van der Waals surface area contributed by atoms with E-state index in [1.165, 1.54) is 0 Å². The Morgan fingerprint density at radius 3 is 1.71 bits per heavy atom. The van der Waals surface area contributed by atoms with Crippen molar-refractivity contribution in [2.24, 2.45) is 5.92 Å². The van der Waals surface area contributed by atoms with Crippen LogP contribution in [0.15, 0.2) is 78.9 Å². The summed E-state index contributed by atoms with van der Waals surface area (Å²) in [5.74, 6) is 1.73. The number of methoxy groups -OCH3 is 2. The molecule has 0 spiro atoms. The Hall–Kier alpha value is -2.82. The SMILES string of the molecule is COc1ccc(C(OC[C@H]2CCC[C@@H]2O)(c2ccccc2)c2ccc(OC)cc2)cc1. The van der Waals surface area contributed by atoms with Crippen molar-refractivity contribution in [3.05, 3.63) is 95.6 Å². The Morgan fingerprint density at radius 1 is 0.742 bits per heavy atom. The van der Waals surface area contributed by atoms with Crippen LogP contribution in [0.1, 0.15) is 36.0 Å². The van der Waals surface area contributed by atoms with E-state index in [2.05, 4.69) is 36.4 Å². The van der Waals surface area contributed by atoms with Crippen LogP contribution in [0.3, 0.4) is 0 Å². The van der Waals surface area contributed by atoms with Gasteiger partial charge in [-0.1, -0.05) is 61.0 Å². The lowest BCUT2D eigenvalue weighted by molar-refractivity contribution is -0.0295. The fourth-order valence-electron chi connectivity index (χ4n) is 4.52. The van der Waals surface area contributed by atoms with Gasteiger partial charge in [0.2, 0.25) is 0 Å². The molecule has 1 aliphatic rings. The molecule has 1 fully saturated rings. The standard InChI is InChI=1S/C27H30O4/c1-29-24-15-11-22(12-16-24)27(21-8-4-3-5-9-21,23-13-17-25(30-2)18-14-23)31-19-20-7-6-10-26(20)28/h3-5,8-9,11-18,20,26,28H,6-7,10,19H2,1-2H3/t20-,26+/m1/s1. The lowest BCUT2D eigenvalue weighted by Gasteiger charge is -2.37. The van der Waals surface area contributed by atoms with E-state index in [0.29, 0.717) is 6.61 Å². The number of rotatable bonds is 8. The van der Waals surface area contributed by atoms with Crippen molar-refractivity contribution in [2.75, 3.05) is 20.8 Å². The number of hydrogen-bond acceptors (Lipinski definition) is 4. The lowest BCUT2D eigenvalue weighted by Crippen LogP contribution is -2.35. The second-order valence-electron chi connectivity index (χ2n) is 8.07. The third-order valence-corrected chi connectivity index (χ3v) is 6.31. The van der Waals surface area contributed by atoms with Crippen LogP contribution < -0.4 is 9.47 Å². The first-order valence-corrected chi connectivity index (χ1v) is 10.8. The van der Waals surface area contributed by atoms with Crippen molar-refractivity contribution in [1.29, 1.82) is 0 Å². The highest BCUT2D eigenvalue weighted by Crippen LogP contribution is 2.42. The van der Waals surface area contributed by atoms with Crippen molar-refractivity contribution < 1.29 is 19.3 Å². The summed E-state index contributed by atoms with van der Waals surface area (Å²) in [5, 5.41) is 10.4. The number of aliphatic hydroxyl groups excluding tert-OH is 1. The first-order chi connectivity index (χ1) is 15.2. The van der Waals surface area contributed by atoms with Gasteiger partial charge in [0.05, 0.1) is 26.9 Å². The number of aliphatic hydroxyl groups is 1. The van der Waals surface area contributed by atoms with E-state index in [1.807, 2.05) is 42.5 Å². The molecule has 4 heteroatoms. The third-order valence-electron chi connectivity index (χ3n) is 6.31. The maximum absolute atomic E-state index is 10.4. The molecule has 0 bridgehead atoms. The van der Waals surface area contributed by atoms with Crippen LogP contribution in [0, 0.1) is 5.92 Å². The van der Waals surface area contributed by atoms with E-state index < -0.39 is 5.60 Å². The highest BCUT2D eigenvalue weighted by molar-refractivity contribution is 5.49. The number of hydrogen-bond donors (Lipinski definition) is 1. The Balaban J connectivity index is 1.85. The minimum atomic E-state index is -0.817. The zero-order chi connectivity index (χ0) is 21.7. The summed E-state index contributed by atoms with van der Waals surface area (Å²) in [5.41, 5.74) is 2.24. The van der Waals surface area contributed by atoms with Gasteiger partial charge in [0.25, 0.3) is 0 Å². The molecule has 3 aromatic carbocycles. The molecule has 3 aromatic rings. The molecule has 1 aliphatic carbocycles. The first kappa shape index (κ1) is 21.4. The van der Waals surface area contributed by atoms with Crippen molar-refractivity contribution in [3.63, 3.8) is 0 Å². The zero-order valence-electron chi connectivity index (χ0n) is 18.2. The topological polar surface area (TPSA) is 47.9 Å². The largest absolute Gasteiger partial charge is 0.497 e. The molecule has 0 amide bonds. The Bertz CT molecular complexity index is 903. The molecule has 2 atom stereocenters. The Morgan fingerprint density at radius 2 is 1.26 bits per heavy atom. The maximum atomic E-state index is 10.4. The van der Waals surface area contributed by atoms with E-state index >= 15 is 0 Å². The fraction of sp³-hybridized carbons (Fsp3) is 0.333. The summed E-state index contributed by atoms with van der Waals surface area (Å²) in [6.45, 7) is 0.480. The van der Waals surface area contributed by atoms with Crippen molar-refractivity contribution in [3.8, 4) is 11.5 Å². The average molecular weight is 419 g/mol. The van der Waals surface area contributed by atoms with Gasteiger partial charge >= 0.3 is 0 Å². The van der Waals surface area contributed by atoms with Crippen LogP contribution in [0.2, 0.25) is 0 Å². The van der Waals surface area contributed by atoms with Gasteiger partial charge in [-0.3, -0.25) is 0 Å². The second-order valence-corrected chi connectivity index (χ2v) is 8.07. The minimum Gasteiger partial charge on any atom is -0.497 e. The predicted octanol–water partition coefficient (Wildman–Crippen LogP) is 5.17. The zero-order valence-corrected chi connectivity index (χ0v) is 18.2. The third kappa shape index (κ3) is 4.32. The van der Waals surface area contributed by atoms with Gasteiger partial charge in [-0.05, 0) is 53.8 Å². The van der Waals surface area contributed by atoms with Gasteiger partial charge in [-0.15, -0.1) is 0 Å². The molecular formula is C27H30O4. The van der Waals surface area contributed by atoms with Gasteiger partial charge in [-0.2, -0.15) is 0 Å². The van der Waals surface area contributed by atoms with Crippen molar-refractivity contribution >= 4 is 0 Å². The molecule has 1 saturated carbocycles. The number of ether oxygens (including phenoxy) is 3. The summed E-state index contributed by atoms with van der Waals surface area (Å²) in [4.78, 5) is 0. The van der Waals surface area contributed by atoms with E-state index in [4.69, 9.17) is 14.2 Å². The fourth-order valence-corrected chi connectivity index (χ4v) is 4.52. The molecule has 0 unspecified atom stereocenters. The normalized spacial score (nSPS) is 18.7. The summed E-state index contributed by atoms with van der Waals surface area (Å²) >= 11 is 0. The van der Waals surface area contributed by atoms with Gasteiger partial charge in [0.15, 0.2) is 0 Å². The molecule has 4 rings (SSSR count). The molecule has 162 valence electrons. The molecule has 0 heterocycles. The molecule has 31 heavy (non-hydrogen) atoms. The average Bonchev–Trinajstić information content (AvgIpc) is 3.25. The van der Waals surface area contributed by atoms with Gasteiger partial charge in [-0.25, -0.2) is 0 Å². The van der Waals surface area contributed by atoms with Crippen molar-refractivity contribution in [1.82, 2.24) is 0 Å². The molecule has 0 saturated heterocycles. The van der Waals surface area contributed by atoms with Gasteiger partial charge < -0.3 is 19.3 Å². The van der Waals surface area contributed by atoms with Crippen LogP contribution in [-0.4, -0.2) is 32.0 Å². The van der Waals surface area contributed by atoms with E-state index in [-0.39, 0.29) is 12.0 Å². The van der Waals surface area contributed by atoms with Crippen LogP contribution in [0.4, 0.5) is 0 Å². The van der Waals surface area contributed by atoms with Gasteiger partial charge in [0.1, 0.15) is 17.1 Å². The predicted molar refractivity (Wildman–Crippen MR) is 122 cm³/mol. The van der Waals surface area contributed by atoms with Crippen LogP contribution in [0.25, 0.3) is 0 Å². The van der Waals surface area contributed by atoms with Crippen LogP contribution in [-0.2, 0) is 10.3 Å². The monoisotopic (exact) mass is 418 g/mol. The summed E-state index contributed by atoms with van der Waals surface area (Å²) in [6, 6.07) is 26.3. The second kappa shape index (κ2) is 9.54. The maximum Gasteiger partial charge on any atom is 0.143 e. The quantitative estimate of drug-likeness (QED) is 0.513. The smallest absolute Gasteiger partial charge is 0.143 e. The summed E-state index contributed by atoms with van der Waals surface area (Å²) in [6.07, 6.45) is 2.56. The molecular weight excluding hydrogens is 388 g/mol.